The summed E-state index contributed by atoms with van der Waals surface area (Å²) < 4.78 is 90.9. The number of nitrogens with one attached hydrogen (secondary N) is 1. The summed E-state index contributed by atoms with van der Waals surface area (Å²) in [5.74, 6) is -4.59. The Morgan fingerprint density at radius 2 is 1.37 bits per heavy atom. The van der Waals surface area contributed by atoms with Crippen LogP contribution in [0.3, 0.4) is 0 Å². The Labute approximate surface area is 248 Å². The van der Waals surface area contributed by atoms with Gasteiger partial charge in [-0.3, -0.25) is 18.9 Å². The van der Waals surface area contributed by atoms with Gasteiger partial charge in [0.25, 0.3) is 5.56 Å². The summed E-state index contributed by atoms with van der Waals surface area (Å²) in [4.78, 5) is 34.8. The maximum Gasteiger partial charge on any atom is 0.453 e. The first-order valence-corrected chi connectivity index (χ1v) is 16.5. The van der Waals surface area contributed by atoms with E-state index in [9.17, 15) is 46.1 Å². The number of halogens is 5. The van der Waals surface area contributed by atoms with Crippen molar-refractivity contribution in [2.45, 2.75) is 115 Å². The van der Waals surface area contributed by atoms with E-state index in [1.165, 1.54) is 6.20 Å². The molecule has 16 heteroatoms. The Morgan fingerprint density at radius 1 is 0.837 bits per heavy atom. The van der Waals surface area contributed by atoms with E-state index in [0.717, 1.165) is 68.4 Å². The molecule has 1 unspecified atom stereocenters. The van der Waals surface area contributed by atoms with E-state index in [-0.39, 0.29) is 19.6 Å². The van der Waals surface area contributed by atoms with E-state index >= 15 is 0 Å². The van der Waals surface area contributed by atoms with Crippen molar-refractivity contribution in [3.8, 4) is 0 Å². The molecule has 0 bridgehead atoms. The van der Waals surface area contributed by atoms with E-state index in [0.29, 0.717) is 32.5 Å². The minimum absolute atomic E-state index is 0.0195. The van der Waals surface area contributed by atoms with Crippen LogP contribution in [0.5, 0.6) is 0 Å². The summed E-state index contributed by atoms with van der Waals surface area (Å²) in [6, 6.07) is 1.13. The van der Waals surface area contributed by atoms with Crippen LogP contribution < -0.4 is 11.2 Å². The standard InChI is InChI=1S/C27H46F5N2O8P/c28-26(29,27(30,31)32)15-11-9-7-5-3-1-2-4-6-8-10-12-17-40-18-13-19-42-43(38,39)22-41-23(21-35)20-34-16-14-24(36)33-25(34)37/h14,16,23,35H,1-13,15,17-22H2,(H,38,39)(H,33,36,37)/t23-/m0/s1. The van der Waals surface area contributed by atoms with Crippen LogP contribution in [0.1, 0.15) is 89.9 Å². The van der Waals surface area contributed by atoms with Crippen molar-refractivity contribution >= 4 is 7.60 Å². The lowest BCUT2D eigenvalue weighted by atomic mass is 10.0. The Bertz CT molecular complexity index is 1040. The molecule has 43 heavy (non-hydrogen) atoms. The number of hydrogen-bond acceptors (Lipinski definition) is 7. The molecule has 0 spiro atoms. The molecule has 2 atom stereocenters. The minimum Gasteiger partial charge on any atom is -0.394 e. The van der Waals surface area contributed by atoms with Crippen LogP contribution in [0.2, 0.25) is 0 Å². The number of alkyl halides is 5. The molecule has 0 radical (unpaired) electrons. The van der Waals surface area contributed by atoms with E-state index in [1.807, 2.05) is 0 Å². The highest BCUT2D eigenvalue weighted by atomic mass is 31.2. The third-order valence-corrected chi connectivity index (χ3v) is 7.71. The Balaban J connectivity index is 1.93. The molecule has 0 aliphatic heterocycles. The van der Waals surface area contributed by atoms with Gasteiger partial charge in [0.2, 0.25) is 0 Å². The summed E-state index contributed by atoms with van der Waals surface area (Å²) in [7, 11) is -4.08. The van der Waals surface area contributed by atoms with Gasteiger partial charge in [0.05, 0.1) is 25.9 Å². The van der Waals surface area contributed by atoms with Crippen molar-refractivity contribution in [1.29, 1.82) is 0 Å². The number of unbranched alkanes of at least 4 members (excludes halogenated alkanes) is 11. The van der Waals surface area contributed by atoms with Gasteiger partial charge in [-0.1, -0.05) is 64.2 Å². The van der Waals surface area contributed by atoms with Gasteiger partial charge in [-0.15, -0.1) is 0 Å². The fourth-order valence-electron chi connectivity index (χ4n) is 4.14. The average molecular weight is 653 g/mol. The van der Waals surface area contributed by atoms with Gasteiger partial charge in [-0.2, -0.15) is 22.0 Å². The number of ether oxygens (including phenoxy) is 2. The van der Waals surface area contributed by atoms with Crippen LogP contribution in [0.15, 0.2) is 21.9 Å². The van der Waals surface area contributed by atoms with Crippen LogP contribution in [0, 0.1) is 0 Å². The van der Waals surface area contributed by atoms with Crippen molar-refractivity contribution in [3.63, 3.8) is 0 Å². The summed E-state index contributed by atoms with van der Waals surface area (Å²) >= 11 is 0. The van der Waals surface area contributed by atoms with Crippen molar-refractivity contribution in [1.82, 2.24) is 9.55 Å². The molecule has 0 saturated heterocycles. The fraction of sp³-hybridized carbons (Fsp3) is 0.852. The smallest absolute Gasteiger partial charge is 0.394 e. The van der Waals surface area contributed by atoms with Gasteiger partial charge in [0.15, 0.2) is 0 Å². The first kappa shape index (κ1) is 39.4. The Kier molecular flexibility index (Phi) is 19.4. The lowest BCUT2D eigenvalue weighted by molar-refractivity contribution is -0.284. The van der Waals surface area contributed by atoms with Gasteiger partial charge in [-0.25, -0.2) is 4.79 Å². The first-order chi connectivity index (χ1) is 20.3. The molecule has 0 fully saturated rings. The number of aliphatic hydroxyl groups excluding tert-OH is 1. The predicted octanol–water partition coefficient (Wildman–Crippen LogP) is 5.75. The van der Waals surface area contributed by atoms with E-state index in [4.69, 9.17) is 14.0 Å². The van der Waals surface area contributed by atoms with Crippen LogP contribution in [-0.4, -0.2) is 70.5 Å². The molecule has 0 aromatic carbocycles. The lowest BCUT2D eigenvalue weighted by Crippen LogP contribution is -2.36. The zero-order valence-corrected chi connectivity index (χ0v) is 25.4. The first-order valence-electron chi connectivity index (χ1n) is 14.8. The van der Waals surface area contributed by atoms with Gasteiger partial charge in [0.1, 0.15) is 6.35 Å². The van der Waals surface area contributed by atoms with Crippen molar-refractivity contribution < 1.29 is 50.5 Å². The van der Waals surface area contributed by atoms with Gasteiger partial charge >= 0.3 is 25.4 Å². The molecule has 1 heterocycles. The SMILES string of the molecule is O=c1ccn(C[C@@H](CO)OCP(=O)(O)OCCCOCCCCCCCCCCCCCCC(F)(F)C(F)(F)F)c(=O)[nH]1. The number of nitrogens with zero attached hydrogens (tertiary/aromatic N) is 1. The zero-order chi connectivity index (χ0) is 32.2. The number of aromatic amines is 1. The number of hydrogen-bond donors (Lipinski definition) is 3. The summed E-state index contributed by atoms with van der Waals surface area (Å²) in [6.07, 6.45) is 3.39. The Hall–Kier alpha value is -1.64. The number of H-pyrrole nitrogens is 1. The second kappa shape index (κ2) is 21.2. The van der Waals surface area contributed by atoms with Crippen molar-refractivity contribution in [2.75, 3.05) is 32.8 Å². The fourth-order valence-corrected chi connectivity index (χ4v) is 5.03. The molecule has 1 aromatic heterocycles. The molecule has 0 amide bonds. The summed E-state index contributed by atoms with van der Waals surface area (Å²) in [5, 5.41) is 9.42. The topological polar surface area (TPSA) is 140 Å². The van der Waals surface area contributed by atoms with Crippen molar-refractivity contribution in [3.05, 3.63) is 33.1 Å². The quantitative estimate of drug-likeness (QED) is 0.0653. The van der Waals surface area contributed by atoms with Crippen LogP contribution in [-0.2, 0) is 25.1 Å². The van der Waals surface area contributed by atoms with Crippen LogP contribution in [0.25, 0.3) is 0 Å². The molecule has 1 rings (SSSR count). The van der Waals surface area contributed by atoms with E-state index in [1.54, 1.807) is 0 Å². The minimum atomic E-state index is -5.46. The highest BCUT2D eigenvalue weighted by Crippen LogP contribution is 2.42. The highest BCUT2D eigenvalue weighted by Gasteiger charge is 2.56. The molecule has 1 aromatic rings. The van der Waals surface area contributed by atoms with Crippen LogP contribution in [0.4, 0.5) is 22.0 Å². The zero-order valence-electron chi connectivity index (χ0n) is 24.5. The molecule has 252 valence electrons. The van der Waals surface area contributed by atoms with Gasteiger partial charge in [0, 0.05) is 31.9 Å². The monoisotopic (exact) mass is 652 g/mol. The molecule has 0 aliphatic carbocycles. The largest absolute Gasteiger partial charge is 0.453 e. The highest BCUT2D eigenvalue weighted by molar-refractivity contribution is 7.52. The number of rotatable bonds is 26. The lowest BCUT2D eigenvalue weighted by Gasteiger charge is -2.19. The second-order valence-corrected chi connectivity index (χ2v) is 12.3. The molecule has 10 nitrogen and oxygen atoms in total. The normalized spacial score (nSPS) is 14.6. The van der Waals surface area contributed by atoms with E-state index < -0.39 is 56.4 Å². The number of aliphatic hydroxyl groups is 1. The summed E-state index contributed by atoms with van der Waals surface area (Å²) in [5.41, 5.74) is -1.26. The predicted molar refractivity (Wildman–Crippen MR) is 150 cm³/mol. The molecule has 0 saturated carbocycles. The molecule has 3 N–H and O–H groups in total. The number of aromatic nitrogens is 2. The second-order valence-electron chi connectivity index (χ2n) is 10.5. The van der Waals surface area contributed by atoms with E-state index in [2.05, 4.69) is 4.98 Å². The maximum atomic E-state index is 12.8. The molecular weight excluding hydrogens is 606 g/mol. The summed E-state index contributed by atoms with van der Waals surface area (Å²) in [6.45, 7) is 0.262. The molecule has 0 aliphatic rings. The third kappa shape index (κ3) is 18.7. The van der Waals surface area contributed by atoms with Crippen molar-refractivity contribution in [2.24, 2.45) is 0 Å². The Morgan fingerprint density at radius 3 is 1.91 bits per heavy atom. The maximum absolute atomic E-state index is 12.8. The van der Waals surface area contributed by atoms with Crippen LogP contribution >= 0.6 is 7.60 Å². The van der Waals surface area contributed by atoms with Gasteiger partial charge in [-0.05, 0) is 19.3 Å². The molecular formula is C27H46F5N2O8P. The third-order valence-electron chi connectivity index (χ3n) is 6.64. The van der Waals surface area contributed by atoms with Gasteiger partial charge < -0.3 is 24.0 Å². The average Bonchev–Trinajstić information content (AvgIpc) is 2.92.